The van der Waals surface area contributed by atoms with E-state index in [1.807, 2.05) is 6.26 Å². The molecule has 0 fully saturated rings. The van der Waals surface area contributed by atoms with Gasteiger partial charge < -0.3 is 64.0 Å². The lowest BCUT2D eigenvalue weighted by molar-refractivity contribution is -0.141. The number of amides is 7. The number of carbonyl (C=O) groups excluding carboxylic acids is 7. The molecule has 0 aromatic heterocycles. The molecule has 0 spiro atoms. The maximum atomic E-state index is 14.3. The van der Waals surface area contributed by atoms with Crippen LogP contribution in [-0.2, 0) is 56.0 Å². The smallest absolute Gasteiger partial charge is 0.327 e. The average molecular weight is 1030 g/mol. The summed E-state index contributed by atoms with van der Waals surface area (Å²) in [5, 5.41) is 47.4. The van der Waals surface area contributed by atoms with Gasteiger partial charge in [-0.1, -0.05) is 76.6 Å². The number of thiol groups is 1. The van der Waals surface area contributed by atoms with Crippen molar-refractivity contribution >= 4 is 77.7 Å². The lowest BCUT2D eigenvalue weighted by atomic mass is 9.96. The van der Waals surface area contributed by atoms with Crippen LogP contribution >= 0.6 is 24.4 Å². The first-order valence-electron chi connectivity index (χ1n) is 23.6. The molecule has 7 amide bonds. The topological polar surface area (TPSA) is 351 Å². The molecule has 0 bridgehead atoms. The van der Waals surface area contributed by atoms with Gasteiger partial charge in [0.2, 0.25) is 41.4 Å². The van der Waals surface area contributed by atoms with Crippen LogP contribution in [0.5, 0.6) is 5.75 Å². The second-order valence-electron chi connectivity index (χ2n) is 17.6. The Kier molecular flexibility index (Phi) is 27.7. The largest absolute Gasteiger partial charge is 0.508 e. The molecule has 0 saturated heterocycles. The van der Waals surface area contributed by atoms with Crippen molar-refractivity contribution in [3.8, 4) is 5.75 Å². The second-order valence-corrected chi connectivity index (χ2v) is 18.9. The van der Waals surface area contributed by atoms with Crippen LogP contribution in [0.1, 0.15) is 83.8 Å². The molecular formula is C48H73N9O12S2. The molecule has 394 valence electrons. The van der Waals surface area contributed by atoms with Crippen molar-refractivity contribution in [1.82, 2.24) is 37.2 Å². The number of benzene rings is 2. The number of thioether (sulfide) groups is 1. The Morgan fingerprint density at radius 1 is 0.606 bits per heavy atom. The van der Waals surface area contributed by atoms with E-state index in [1.54, 1.807) is 58.0 Å². The number of unbranched alkanes of at least 4 members (excludes halogenated alkanes) is 1. The summed E-state index contributed by atoms with van der Waals surface area (Å²) in [5.74, 6) is -8.79. The zero-order valence-electron chi connectivity index (χ0n) is 41.0. The monoisotopic (exact) mass is 1030 g/mol. The van der Waals surface area contributed by atoms with Gasteiger partial charge in [0.15, 0.2) is 0 Å². The maximum absolute atomic E-state index is 14.3. The third-order valence-electron chi connectivity index (χ3n) is 11.6. The van der Waals surface area contributed by atoms with Gasteiger partial charge in [-0.15, -0.1) is 0 Å². The Labute approximate surface area is 424 Å². The van der Waals surface area contributed by atoms with E-state index in [4.69, 9.17) is 11.5 Å². The van der Waals surface area contributed by atoms with Gasteiger partial charge in [0.05, 0.1) is 6.04 Å². The summed E-state index contributed by atoms with van der Waals surface area (Å²) in [6.07, 6.45) is 1.86. The van der Waals surface area contributed by atoms with Crippen molar-refractivity contribution in [3.63, 3.8) is 0 Å². The standard InChI is InChI=1S/C48H73N9O12S2/c1-6-28(4)40(57-43(63)34(21-23-71-5)52-46(66)39(50)27(2)3)47(67)53-32(14-10-11-22-49)41(61)51-33(19-20-38(59)60)42(62)54-35(24-29-12-8-7-9-13-29)44(64)55-36(25-30-15-17-31(58)18-16-30)45(65)56-37(26-70)48(68)69/h7-9,12-13,15-18,27-28,32-37,39-40,58,70H,6,10-11,14,19-26,49-50H2,1-5H3,(H,51,61)(H,52,66)(H,53,67)(H,54,62)(H,55,64)(H,56,65)(H,57,63)(H,59,60)(H,68,69)/t28-,32-,33-,34-,35-,36-,37-,39-,40-/m0/s1. The summed E-state index contributed by atoms with van der Waals surface area (Å²) >= 11 is 5.47. The molecule has 23 heteroatoms. The van der Waals surface area contributed by atoms with Crippen molar-refractivity contribution in [2.24, 2.45) is 23.3 Å². The highest BCUT2D eigenvalue weighted by atomic mass is 32.2. The number of carbonyl (C=O) groups is 9. The number of aromatic hydroxyl groups is 1. The van der Waals surface area contributed by atoms with Crippen LogP contribution in [0, 0.1) is 11.8 Å². The Hall–Kier alpha value is -5.91. The Morgan fingerprint density at radius 3 is 1.56 bits per heavy atom. The van der Waals surface area contributed by atoms with Crippen molar-refractivity contribution < 1.29 is 58.5 Å². The number of hydrogen-bond acceptors (Lipinski definition) is 14. The zero-order valence-corrected chi connectivity index (χ0v) is 42.7. The molecule has 0 radical (unpaired) electrons. The molecule has 0 heterocycles. The molecule has 0 unspecified atom stereocenters. The van der Waals surface area contributed by atoms with Crippen LogP contribution in [0.3, 0.4) is 0 Å². The van der Waals surface area contributed by atoms with Crippen molar-refractivity contribution in [1.29, 1.82) is 0 Å². The molecule has 9 atom stereocenters. The minimum Gasteiger partial charge on any atom is -0.508 e. The van der Waals surface area contributed by atoms with Crippen molar-refractivity contribution in [3.05, 3.63) is 65.7 Å². The minimum absolute atomic E-state index is 0.0161. The van der Waals surface area contributed by atoms with E-state index in [0.29, 0.717) is 36.1 Å². The quantitative estimate of drug-likeness (QED) is 0.0339. The van der Waals surface area contributed by atoms with Crippen LogP contribution < -0.4 is 48.7 Å². The lowest BCUT2D eigenvalue weighted by Crippen LogP contribution is -2.61. The molecule has 21 nitrogen and oxygen atoms in total. The molecular weight excluding hydrogens is 959 g/mol. The number of phenols is 1. The molecule has 0 aliphatic heterocycles. The van der Waals surface area contributed by atoms with E-state index in [2.05, 4.69) is 49.8 Å². The maximum Gasteiger partial charge on any atom is 0.327 e. The Balaban J connectivity index is 2.51. The van der Waals surface area contributed by atoms with Gasteiger partial charge in [-0.2, -0.15) is 24.4 Å². The number of hydrogen-bond donors (Lipinski definition) is 13. The molecule has 71 heavy (non-hydrogen) atoms. The first-order valence-corrected chi connectivity index (χ1v) is 25.6. The normalized spacial score (nSPS) is 14.9. The fraction of sp³-hybridized carbons (Fsp3) is 0.562. The first-order chi connectivity index (χ1) is 33.6. The number of nitrogens with one attached hydrogen (secondary N) is 7. The van der Waals surface area contributed by atoms with Crippen LogP contribution in [0.4, 0.5) is 0 Å². The average Bonchev–Trinajstić information content (AvgIpc) is 3.33. The van der Waals surface area contributed by atoms with Crippen LogP contribution in [-0.4, -0.2) is 141 Å². The summed E-state index contributed by atoms with van der Waals surface area (Å²) in [5.41, 5.74) is 12.8. The molecule has 14 N–H and O–H groups in total. The van der Waals surface area contributed by atoms with Crippen molar-refractivity contribution in [2.75, 3.05) is 24.3 Å². The third-order valence-corrected chi connectivity index (χ3v) is 12.6. The second kappa shape index (κ2) is 32.1. The molecule has 0 saturated carbocycles. The predicted molar refractivity (Wildman–Crippen MR) is 272 cm³/mol. The van der Waals surface area contributed by atoms with E-state index in [0.717, 1.165) is 0 Å². The van der Waals surface area contributed by atoms with E-state index in [9.17, 15) is 58.5 Å². The Bertz CT molecular complexity index is 2070. The summed E-state index contributed by atoms with van der Waals surface area (Å²) in [7, 11) is 0. The summed E-state index contributed by atoms with van der Waals surface area (Å²) in [4.78, 5) is 121. The minimum atomic E-state index is -1.59. The van der Waals surface area contributed by atoms with Crippen LogP contribution in [0.15, 0.2) is 54.6 Å². The molecule has 2 aromatic carbocycles. The first kappa shape index (κ1) is 61.2. The SMILES string of the molecule is CC[C@H](C)[C@H](NC(=O)[C@H](CCSC)NC(=O)[C@@H](N)C(C)C)C(=O)N[C@@H](CCCCN)C(=O)N[C@@H](CCC(=O)O)C(=O)N[C@@H](Cc1ccccc1)C(=O)N[C@@H](Cc1ccc(O)cc1)C(=O)N[C@@H](CS)C(=O)O. The number of nitrogens with two attached hydrogens (primary N) is 2. The third kappa shape index (κ3) is 22.0. The number of rotatable bonds is 33. The van der Waals surface area contributed by atoms with E-state index < -0.39 is 120 Å². The highest BCUT2D eigenvalue weighted by Crippen LogP contribution is 2.15. The lowest BCUT2D eigenvalue weighted by Gasteiger charge is -2.29. The summed E-state index contributed by atoms with van der Waals surface area (Å²) < 4.78 is 0. The highest BCUT2D eigenvalue weighted by molar-refractivity contribution is 7.98. The predicted octanol–water partition coefficient (Wildman–Crippen LogP) is 0.362. The number of carboxylic acid groups (broad SMARTS) is 2. The number of carboxylic acids is 2. The molecule has 2 aromatic rings. The number of phenolic OH excluding ortho intramolecular Hbond substituents is 1. The van der Waals surface area contributed by atoms with Crippen LogP contribution in [0.25, 0.3) is 0 Å². The zero-order chi connectivity index (χ0) is 53.2. The molecule has 0 aliphatic rings. The fourth-order valence-electron chi connectivity index (χ4n) is 7.00. The van der Waals surface area contributed by atoms with Gasteiger partial charge in [0.25, 0.3) is 0 Å². The van der Waals surface area contributed by atoms with E-state index in [-0.39, 0.29) is 49.6 Å². The highest BCUT2D eigenvalue weighted by Gasteiger charge is 2.36. The van der Waals surface area contributed by atoms with E-state index in [1.165, 1.54) is 36.0 Å². The van der Waals surface area contributed by atoms with Gasteiger partial charge in [-0.3, -0.25) is 38.4 Å². The fourth-order valence-corrected chi connectivity index (χ4v) is 7.72. The van der Waals surface area contributed by atoms with Gasteiger partial charge in [0, 0.05) is 25.0 Å². The van der Waals surface area contributed by atoms with Gasteiger partial charge in [-0.05, 0) is 85.8 Å². The van der Waals surface area contributed by atoms with Gasteiger partial charge in [0.1, 0.15) is 48.0 Å². The van der Waals surface area contributed by atoms with Crippen LogP contribution in [0.2, 0.25) is 0 Å². The number of aliphatic carboxylic acids is 2. The van der Waals surface area contributed by atoms with Gasteiger partial charge >= 0.3 is 11.9 Å². The summed E-state index contributed by atoms with van der Waals surface area (Å²) in [6, 6.07) is 3.81. The molecule has 2 rings (SSSR count). The van der Waals surface area contributed by atoms with E-state index >= 15 is 0 Å². The summed E-state index contributed by atoms with van der Waals surface area (Å²) in [6.45, 7) is 7.31. The molecule has 0 aliphatic carbocycles. The van der Waals surface area contributed by atoms with Crippen molar-refractivity contribution in [2.45, 2.75) is 134 Å². The Morgan fingerprint density at radius 2 is 1.07 bits per heavy atom. The van der Waals surface area contributed by atoms with Gasteiger partial charge in [-0.25, -0.2) is 4.79 Å².